The molecule has 1 aromatic rings. The molecule has 1 aliphatic heterocycles. The molecule has 0 radical (unpaired) electrons. The Morgan fingerprint density at radius 3 is 2.68 bits per heavy atom. The van der Waals surface area contributed by atoms with Crippen molar-refractivity contribution in [2.45, 2.75) is 37.9 Å². The van der Waals surface area contributed by atoms with Gasteiger partial charge in [-0.05, 0) is 45.1 Å². The number of H-pyrrole nitrogens is 1. The molecule has 8 heteroatoms. The summed E-state index contributed by atoms with van der Waals surface area (Å²) in [6.45, 7) is 4.65. The molecule has 0 aliphatic carbocycles. The smallest absolute Gasteiger partial charge is 0.254 e. The van der Waals surface area contributed by atoms with Crippen LogP contribution in [0.2, 0.25) is 0 Å². The van der Waals surface area contributed by atoms with Crippen molar-refractivity contribution in [3.05, 3.63) is 26.9 Å². The van der Waals surface area contributed by atoms with E-state index in [1.54, 1.807) is 13.1 Å². The molecular formula is C14H23N2O4PS. The molecular weight excluding hydrogens is 323 g/mol. The molecule has 124 valence electrons. The van der Waals surface area contributed by atoms with Gasteiger partial charge >= 0.3 is 0 Å². The lowest BCUT2D eigenvalue weighted by Gasteiger charge is -2.19. The van der Waals surface area contributed by atoms with Crippen LogP contribution in [0.4, 0.5) is 0 Å². The van der Waals surface area contributed by atoms with E-state index in [-0.39, 0.29) is 10.3 Å². The summed E-state index contributed by atoms with van der Waals surface area (Å²) in [6, 6.07) is 0. The zero-order valence-electron chi connectivity index (χ0n) is 13.0. The number of aliphatic hydroxyl groups excluding tert-OH is 2. The first kappa shape index (κ1) is 17.6. The molecule has 3 N–H and O–H groups in total. The van der Waals surface area contributed by atoms with E-state index in [0.29, 0.717) is 12.0 Å². The van der Waals surface area contributed by atoms with Gasteiger partial charge in [-0.1, -0.05) is 0 Å². The second kappa shape index (κ2) is 6.42. The van der Waals surface area contributed by atoms with Gasteiger partial charge in [-0.2, -0.15) is 0 Å². The Morgan fingerprint density at radius 2 is 2.09 bits per heavy atom. The quantitative estimate of drug-likeness (QED) is 0.558. The van der Waals surface area contributed by atoms with Gasteiger partial charge in [0, 0.05) is 11.8 Å². The zero-order chi connectivity index (χ0) is 16.7. The minimum atomic E-state index is -1.23. The lowest BCUT2D eigenvalue weighted by Crippen LogP contribution is -2.32. The zero-order valence-corrected chi connectivity index (χ0v) is 14.7. The third-order valence-corrected chi connectivity index (χ3v) is 5.56. The van der Waals surface area contributed by atoms with Gasteiger partial charge in [-0.25, -0.2) is 0 Å². The van der Waals surface area contributed by atoms with Crippen LogP contribution in [-0.4, -0.2) is 63.9 Å². The molecule has 1 aromatic heterocycles. The highest BCUT2D eigenvalue weighted by atomic mass is 32.1. The third kappa shape index (κ3) is 3.78. The number of aryl methyl sites for hydroxylation is 1. The van der Waals surface area contributed by atoms with Gasteiger partial charge in [0.05, 0.1) is 6.10 Å². The van der Waals surface area contributed by atoms with Crippen LogP contribution in [0.25, 0.3) is 0 Å². The molecule has 0 bridgehead atoms. The highest BCUT2D eigenvalue weighted by Crippen LogP contribution is 2.39. The van der Waals surface area contributed by atoms with Crippen molar-refractivity contribution in [2.75, 3.05) is 19.5 Å². The molecule has 2 rings (SSSR count). The number of hydrogen-bond acceptors (Lipinski definition) is 5. The molecule has 22 heavy (non-hydrogen) atoms. The van der Waals surface area contributed by atoms with Gasteiger partial charge in [0.15, 0.2) is 11.0 Å². The van der Waals surface area contributed by atoms with Crippen LogP contribution in [0, 0.1) is 11.7 Å². The van der Waals surface area contributed by atoms with E-state index in [1.165, 1.54) is 4.57 Å². The minimum absolute atomic E-state index is 0.164. The van der Waals surface area contributed by atoms with Gasteiger partial charge in [0.2, 0.25) is 0 Å². The van der Waals surface area contributed by atoms with Crippen molar-refractivity contribution in [2.24, 2.45) is 0 Å². The molecule has 0 aromatic carbocycles. The van der Waals surface area contributed by atoms with Crippen molar-refractivity contribution in [1.82, 2.24) is 9.55 Å². The average Bonchev–Trinajstić information content (AvgIpc) is 2.68. The number of aromatic amines is 1. The summed E-state index contributed by atoms with van der Waals surface area (Å²) < 4.78 is 7.46. The van der Waals surface area contributed by atoms with Crippen LogP contribution < -0.4 is 5.56 Å². The summed E-state index contributed by atoms with van der Waals surface area (Å²) in [5.41, 5.74) is 0.196. The van der Waals surface area contributed by atoms with E-state index < -0.39 is 31.4 Å². The Balaban J connectivity index is 2.23. The predicted octanol–water partition coefficient (Wildman–Crippen LogP) is 0.933. The Bertz CT molecular complexity index is 708. The summed E-state index contributed by atoms with van der Waals surface area (Å²) in [5, 5.41) is 20.5. The molecule has 0 spiro atoms. The Hall–Kier alpha value is -0.720. The number of aliphatic hydroxyl groups is 2. The topological polar surface area (TPSA) is 87.5 Å². The first-order valence-electron chi connectivity index (χ1n) is 7.11. The van der Waals surface area contributed by atoms with Crippen LogP contribution in [0.15, 0.2) is 11.0 Å². The van der Waals surface area contributed by atoms with E-state index in [2.05, 4.69) is 24.6 Å². The Morgan fingerprint density at radius 1 is 1.45 bits per heavy atom. The maximum Gasteiger partial charge on any atom is 0.254 e. The fourth-order valence-electron chi connectivity index (χ4n) is 2.45. The summed E-state index contributed by atoms with van der Waals surface area (Å²) in [5.74, 6) is 0. The number of nitrogens with zero attached hydrogens (tertiary/aromatic N) is 1. The van der Waals surface area contributed by atoms with E-state index >= 15 is 0 Å². The lowest BCUT2D eigenvalue weighted by molar-refractivity contribution is -0.0392. The standard InChI is InChI=1S/C14H23N2O4PS/c1-8-7-16(14(22)15-12(8)19)13-11(18)10(17)9(20-13)5-6-21(2,3)4/h7,9-11,13,17-18H,2,5-6H2,1,3-4H3,(H,15,19,22)/t9-,10-,11-,13-/m1/s1. The molecule has 6 nitrogen and oxygen atoms in total. The number of hydrogen-bond donors (Lipinski definition) is 3. The summed E-state index contributed by atoms with van der Waals surface area (Å²) in [4.78, 5) is 14.1. The maximum absolute atomic E-state index is 11.5. The average molecular weight is 346 g/mol. The summed E-state index contributed by atoms with van der Waals surface area (Å²) in [6.07, 6.45) is 3.85. The fourth-order valence-corrected chi connectivity index (χ4v) is 3.65. The maximum atomic E-state index is 11.5. The van der Waals surface area contributed by atoms with Gasteiger partial charge in [0.25, 0.3) is 5.56 Å². The van der Waals surface area contributed by atoms with Crippen molar-refractivity contribution >= 4 is 25.4 Å². The molecule has 4 atom stereocenters. The van der Waals surface area contributed by atoms with E-state index in [9.17, 15) is 15.0 Å². The largest absolute Gasteiger partial charge is 0.388 e. The highest BCUT2D eigenvalue weighted by molar-refractivity contribution is 7.72. The molecule has 1 fully saturated rings. The van der Waals surface area contributed by atoms with E-state index in [4.69, 9.17) is 17.0 Å². The van der Waals surface area contributed by atoms with Crippen molar-refractivity contribution < 1.29 is 14.9 Å². The number of rotatable bonds is 4. The Labute approximate surface area is 134 Å². The molecule has 2 heterocycles. The molecule has 1 saturated heterocycles. The van der Waals surface area contributed by atoms with Crippen molar-refractivity contribution in [1.29, 1.82) is 0 Å². The summed E-state index contributed by atoms with van der Waals surface area (Å²) >= 11 is 5.12. The second-order valence-corrected chi connectivity index (χ2v) is 11.2. The minimum Gasteiger partial charge on any atom is -0.388 e. The van der Waals surface area contributed by atoms with E-state index in [1.807, 2.05) is 0 Å². The van der Waals surface area contributed by atoms with Crippen molar-refractivity contribution in [3.8, 4) is 0 Å². The lowest BCUT2D eigenvalue weighted by atomic mass is 10.1. The van der Waals surface area contributed by atoms with Gasteiger partial charge in [-0.3, -0.25) is 14.3 Å². The van der Waals surface area contributed by atoms with Gasteiger partial charge in [-0.15, -0.1) is 13.2 Å². The molecule has 0 saturated carbocycles. The number of nitrogens with one attached hydrogen (secondary N) is 1. The first-order valence-corrected chi connectivity index (χ1v) is 10.6. The monoisotopic (exact) mass is 346 g/mol. The first-order chi connectivity index (χ1) is 10.1. The highest BCUT2D eigenvalue weighted by Gasteiger charge is 2.43. The summed E-state index contributed by atoms with van der Waals surface area (Å²) in [7, 11) is 0. The van der Waals surface area contributed by atoms with Gasteiger partial charge < -0.3 is 14.9 Å². The normalized spacial score (nSPS) is 29.0. The van der Waals surface area contributed by atoms with Crippen LogP contribution >= 0.6 is 19.1 Å². The predicted molar refractivity (Wildman–Crippen MR) is 91.9 cm³/mol. The fraction of sp³-hybridized carbons (Fsp3) is 0.643. The van der Waals surface area contributed by atoms with Crippen LogP contribution in [-0.2, 0) is 4.74 Å². The number of aromatic nitrogens is 2. The Kier molecular flexibility index (Phi) is 5.14. The van der Waals surface area contributed by atoms with Gasteiger partial charge in [0.1, 0.15) is 12.2 Å². The van der Waals surface area contributed by atoms with Crippen LogP contribution in [0.3, 0.4) is 0 Å². The van der Waals surface area contributed by atoms with E-state index in [0.717, 1.165) is 6.16 Å². The SMILES string of the molecule is C=P(C)(C)CC[C@H]1O[C@@H](n2cc(C)c(=O)[nH]c2=S)[C@H](O)[C@@H]1O. The molecule has 0 amide bonds. The molecule has 1 aliphatic rings. The third-order valence-electron chi connectivity index (χ3n) is 3.78. The number of ether oxygens (including phenoxy) is 1. The molecule has 0 unspecified atom stereocenters. The van der Waals surface area contributed by atoms with Crippen LogP contribution in [0.1, 0.15) is 18.2 Å². The second-order valence-electron chi connectivity index (χ2n) is 6.47. The van der Waals surface area contributed by atoms with Crippen LogP contribution in [0.5, 0.6) is 0 Å². The van der Waals surface area contributed by atoms with Crippen molar-refractivity contribution in [3.63, 3.8) is 0 Å².